The highest BCUT2D eigenvalue weighted by atomic mass is 19.1. The van der Waals surface area contributed by atoms with Gasteiger partial charge in [-0.25, -0.2) is 4.98 Å². The summed E-state index contributed by atoms with van der Waals surface area (Å²) in [5, 5.41) is 10.7. The van der Waals surface area contributed by atoms with Crippen molar-refractivity contribution >= 4 is 5.97 Å². The number of aliphatic hydroxyl groups is 1. The number of rotatable bonds is 9. The van der Waals surface area contributed by atoms with E-state index < -0.39 is 17.5 Å². The van der Waals surface area contributed by atoms with Crippen LogP contribution >= 0.6 is 0 Å². The van der Waals surface area contributed by atoms with Gasteiger partial charge in [-0.05, 0) is 18.1 Å². The zero-order valence-electron chi connectivity index (χ0n) is 13.1. The van der Waals surface area contributed by atoms with E-state index in [0.717, 1.165) is 0 Å². The monoisotopic (exact) mass is 315 g/mol. The molecule has 0 saturated carbocycles. The van der Waals surface area contributed by atoms with Crippen LogP contribution in [0.4, 0.5) is 4.39 Å². The van der Waals surface area contributed by atoms with Crippen LogP contribution in [-0.4, -0.2) is 43.5 Å². The Morgan fingerprint density at radius 1 is 1.41 bits per heavy atom. The summed E-state index contributed by atoms with van der Waals surface area (Å²) >= 11 is 0. The topological polar surface area (TPSA) is 77.9 Å². The van der Waals surface area contributed by atoms with E-state index in [0.29, 0.717) is 6.61 Å². The lowest BCUT2D eigenvalue weighted by Gasteiger charge is -2.28. The lowest BCUT2D eigenvalue weighted by molar-refractivity contribution is -0.146. The van der Waals surface area contributed by atoms with Crippen molar-refractivity contribution in [3.05, 3.63) is 29.3 Å². The van der Waals surface area contributed by atoms with E-state index in [1.807, 2.05) is 0 Å². The van der Waals surface area contributed by atoms with Gasteiger partial charge in [0.1, 0.15) is 5.60 Å². The molecular weight excluding hydrogens is 293 g/mol. The number of halogens is 1. The molecule has 0 aliphatic heterocycles. The Morgan fingerprint density at radius 2 is 2.14 bits per heavy atom. The van der Waals surface area contributed by atoms with Gasteiger partial charge in [0.15, 0.2) is 0 Å². The van der Waals surface area contributed by atoms with Crippen molar-refractivity contribution in [3.8, 4) is 0 Å². The maximum Gasteiger partial charge on any atom is 0.308 e. The van der Waals surface area contributed by atoms with Gasteiger partial charge in [0, 0.05) is 18.9 Å². The van der Waals surface area contributed by atoms with Crippen LogP contribution in [-0.2, 0) is 31.2 Å². The second-order valence-corrected chi connectivity index (χ2v) is 4.81. The fraction of sp³-hybridized carbons (Fsp3) is 0.600. The lowest BCUT2D eigenvalue weighted by Crippen LogP contribution is -2.31. The van der Waals surface area contributed by atoms with Gasteiger partial charge in [-0.2, -0.15) is 4.39 Å². The normalized spacial score (nSPS) is 13.7. The summed E-state index contributed by atoms with van der Waals surface area (Å²) < 4.78 is 28.8. The third kappa shape index (κ3) is 4.72. The molecule has 7 heteroatoms. The first-order chi connectivity index (χ1) is 10.5. The number of nitrogens with zero attached hydrogens (tertiary/aromatic N) is 1. The van der Waals surface area contributed by atoms with Crippen molar-refractivity contribution in [1.29, 1.82) is 0 Å². The molecule has 0 amide bonds. The Morgan fingerprint density at radius 3 is 2.73 bits per heavy atom. The fourth-order valence-electron chi connectivity index (χ4n) is 2.08. The van der Waals surface area contributed by atoms with Crippen molar-refractivity contribution in [3.63, 3.8) is 0 Å². The maximum absolute atomic E-state index is 14.0. The molecule has 6 nitrogen and oxygen atoms in total. The quantitative estimate of drug-likeness (QED) is 0.423. The smallest absolute Gasteiger partial charge is 0.308 e. The average molecular weight is 315 g/mol. The third-order valence-electron chi connectivity index (χ3n) is 3.43. The highest BCUT2D eigenvalue weighted by Crippen LogP contribution is 2.32. The molecule has 0 fully saturated rings. The van der Waals surface area contributed by atoms with Crippen LogP contribution in [0.1, 0.15) is 30.9 Å². The van der Waals surface area contributed by atoms with Crippen LogP contribution < -0.4 is 0 Å². The molecule has 0 aliphatic rings. The molecule has 0 saturated heterocycles. The summed E-state index contributed by atoms with van der Waals surface area (Å²) in [5.74, 6) is -1.31. The minimum absolute atomic E-state index is 0.0676. The zero-order chi connectivity index (χ0) is 16.6. The van der Waals surface area contributed by atoms with Gasteiger partial charge in [0.05, 0.1) is 33.4 Å². The van der Waals surface area contributed by atoms with E-state index in [1.54, 1.807) is 6.92 Å². The summed E-state index contributed by atoms with van der Waals surface area (Å²) in [7, 11) is 2.77. The predicted octanol–water partition coefficient (Wildman–Crippen LogP) is 1.54. The van der Waals surface area contributed by atoms with Crippen molar-refractivity contribution in [2.24, 2.45) is 0 Å². The van der Waals surface area contributed by atoms with Gasteiger partial charge >= 0.3 is 5.97 Å². The second-order valence-electron chi connectivity index (χ2n) is 4.81. The van der Waals surface area contributed by atoms with Crippen molar-refractivity contribution in [2.75, 3.05) is 27.4 Å². The summed E-state index contributed by atoms with van der Waals surface area (Å²) in [6.07, 6.45) is 1.20. The molecule has 1 heterocycles. The molecular formula is C15H22FNO5. The van der Waals surface area contributed by atoms with Gasteiger partial charge in [-0.15, -0.1) is 0 Å². The van der Waals surface area contributed by atoms with Crippen molar-refractivity contribution in [2.45, 2.75) is 32.0 Å². The molecule has 1 rings (SSSR count). The van der Waals surface area contributed by atoms with Gasteiger partial charge in [-0.3, -0.25) is 4.79 Å². The predicted molar refractivity (Wildman–Crippen MR) is 76.5 cm³/mol. The lowest BCUT2D eigenvalue weighted by atomic mass is 9.85. The molecule has 0 aliphatic carbocycles. The van der Waals surface area contributed by atoms with Gasteiger partial charge in [-0.1, -0.05) is 6.92 Å². The molecule has 0 bridgehead atoms. The Hall–Kier alpha value is -1.57. The molecule has 1 aromatic rings. The molecule has 22 heavy (non-hydrogen) atoms. The first-order valence-corrected chi connectivity index (χ1v) is 6.98. The number of carbonyl (C=O) groups excluding carboxylic acids is 1. The molecule has 0 spiro atoms. The zero-order valence-corrected chi connectivity index (χ0v) is 13.1. The van der Waals surface area contributed by atoms with E-state index >= 15 is 0 Å². The van der Waals surface area contributed by atoms with Crippen LogP contribution in [0.25, 0.3) is 0 Å². The molecule has 0 radical (unpaired) electrons. The van der Waals surface area contributed by atoms with Crippen molar-refractivity contribution in [1.82, 2.24) is 4.98 Å². The van der Waals surface area contributed by atoms with Gasteiger partial charge < -0.3 is 19.3 Å². The average Bonchev–Trinajstić information content (AvgIpc) is 2.52. The number of hydrogen-bond acceptors (Lipinski definition) is 6. The number of carbonyl (C=O) groups is 1. The summed E-state index contributed by atoms with van der Waals surface area (Å²) in [4.78, 5) is 15.1. The summed E-state index contributed by atoms with van der Waals surface area (Å²) in [6, 6.07) is 1.49. The van der Waals surface area contributed by atoms with Crippen molar-refractivity contribution < 1.29 is 28.5 Å². The van der Waals surface area contributed by atoms with E-state index in [1.165, 1.54) is 26.5 Å². The number of aromatic nitrogens is 1. The molecule has 1 N–H and O–H groups in total. The van der Waals surface area contributed by atoms with Crippen LogP contribution in [0, 0.1) is 5.95 Å². The number of hydrogen-bond donors (Lipinski definition) is 1. The molecule has 1 aromatic heterocycles. The Labute approximate surface area is 129 Å². The molecule has 0 aromatic carbocycles. The Kier molecular flexibility index (Phi) is 7.37. The molecule has 1 atom stereocenters. The Bertz CT molecular complexity index is 497. The van der Waals surface area contributed by atoms with Crippen LogP contribution in [0.2, 0.25) is 0 Å². The summed E-state index contributed by atoms with van der Waals surface area (Å²) in [6.45, 7) is 2.29. The van der Waals surface area contributed by atoms with Crippen LogP contribution in [0.3, 0.4) is 0 Å². The second kappa shape index (κ2) is 8.77. The number of methoxy groups -OCH3 is 2. The minimum Gasteiger partial charge on any atom is -0.469 e. The van der Waals surface area contributed by atoms with Crippen LogP contribution in [0.5, 0.6) is 0 Å². The standard InChI is InChI=1S/C15H22FNO5/c1-4-15(19,9-13(18)21-3)12-5-6-17-14(16)11(12)10-22-8-7-20-2/h5-6,19H,4,7-10H2,1-3H3. The molecule has 124 valence electrons. The van der Waals surface area contributed by atoms with E-state index in [2.05, 4.69) is 9.72 Å². The van der Waals surface area contributed by atoms with E-state index in [-0.39, 0.29) is 37.2 Å². The SMILES string of the molecule is CCC(O)(CC(=O)OC)c1ccnc(F)c1COCCOC. The van der Waals surface area contributed by atoms with E-state index in [9.17, 15) is 14.3 Å². The third-order valence-corrected chi connectivity index (χ3v) is 3.43. The van der Waals surface area contributed by atoms with Crippen LogP contribution in [0.15, 0.2) is 12.3 Å². The fourth-order valence-corrected chi connectivity index (χ4v) is 2.08. The molecule has 1 unspecified atom stereocenters. The highest BCUT2D eigenvalue weighted by Gasteiger charge is 2.34. The summed E-state index contributed by atoms with van der Waals surface area (Å²) in [5.41, 5.74) is -1.12. The highest BCUT2D eigenvalue weighted by molar-refractivity contribution is 5.71. The largest absolute Gasteiger partial charge is 0.469 e. The Balaban J connectivity index is 3.04. The minimum atomic E-state index is -1.53. The first kappa shape index (κ1) is 18.5. The van der Waals surface area contributed by atoms with Gasteiger partial charge in [0.2, 0.25) is 5.95 Å². The number of esters is 1. The van der Waals surface area contributed by atoms with E-state index in [4.69, 9.17) is 9.47 Å². The van der Waals surface area contributed by atoms with Gasteiger partial charge in [0.25, 0.3) is 0 Å². The number of ether oxygens (including phenoxy) is 3. The maximum atomic E-state index is 14.0. The first-order valence-electron chi connectivity index (χ1n) is 6.98. The number of pyridine rings is 1.